The molecule has 1 aliphatic heterocycles. The third-order valence-corrected chi connectivity index (χ3v) is 5.80. The molecule has 3 nitrogen and oxygen atoms in total. The van der Waals surface area contributed by atoms with Crippen LogP contribution in [0.3, 0.4) is 0 Å². The molecular formula is C16H21N3S. The van der Waals surface area contributed by atoms with Crippen LogP contribution in [0.1, 0.15) is 42.5 Å². The van der Waals surface area contributed by atoms with E-state index in [1.165, 1.54) is 48.1 Å². The zero-order chi connectivity index (χ0) is 13.7. The quantitative estimate of drug-likeness (QED) is 0.800. The number of rotatable bonds is 1. The monoisotopic (exact) mass is 287 g/mol. The smallest absolute Gasteiger partial charge is 0.141 e. The molecule has 0 amide bonds. The van der Waals surface area contributed by atoms with Crippen LogP contribution in [-0.4, -0.2) is 23.1 Å². The molecule has 2 aromatic heterocycles. The summed E-state index contributed by atoms with van der Waals surface area (Å²) >= 11 is 1.90. The van der Waals surface area contributed by atoms with Crippen LogP contribution in [0.4, 0.5) is 5.82 Å². The fourth-order valence-electron chi connectivity index (χ4n) is 3.69. The van der Waals surface area contributed by atoms with Gasteiger partial charge < -0.3 is 4.90 Å². The molecule has 106 valence electrons. The molecule has 0 spiro atoms. The lowest BCUT2D eigenvalue weighted by Crippen LogP contribution is -2.35. The van der Waals surface area contributed by atoms with Crippen molar-refractivity contribution in [1.29, 1.82) is 0 Å². The maximum absolute atomic E-state index is 4.83. The highest BCUT2D eigenvalue weighted by Gasteiger charge is 2.26. The molecule has 1 saturated heterocycles. The van der Waals surface area contributed by atoms with Crippen LogP contribution >= 0.6 is 11.3 Å². The van der Waals surface area contributed by atoms with Crippen molar-refractivity contribution in [2.45, 2.75) is 46.0 Å². The fraction of sp³-hybridized carbons (Fsp3) is 0.625. The third kappa shape index (κ3) is 1.93. The van der Waals surface area contributed by atoms with E-state index in [1.807, 2.05) is 18.3 Å². The summed E-state index contributed by atoms with van der Waals surface area (Å²) in [4.78, 5) is 14.8. The van der Waals surface area contributed by atoms with Gasteiger partial charge in [-0.25, -0.2) is 9.97 Å². The molecule has 3 heterocycles. The molecule has 4 rings (SSSR count). The molecule has 2 aliphatic rings. The van der Waals surface area contributed by atoms with Gasteiger partial charge in [-0.2, -0.15) is 0 Å². The van der Waals surface area contributed by atoms with Crippen molar-refractivity contribution < 1.29 is 0 Å². The Kier molecular flexibility index (Phi) is 2.95. The average molecular weight is 287 g/mol. The van der Waals surface area contributed by atoms with E-state index in [1.54, 1.807) is 10.4 Å². The molecule has 1 fully saturated rings. The number of nitrogens with zero attached hydrogens (tertiary/aromatic N) is 3. The van der Waals surface area contributed by atoms with Crippen molar-refractivity contribution in [3.8, 4) is 0 Å². The van der Waals surface area contributed by atoms with Gasteiger partial charge in [0.25, 0.3) is 0 Å². The van der Waals surface area contributed by atoms with Gasteiger partial charge in [0.05, 0.1) is 5.39 Å². The van der Waals surface area contributed by atoms with E-state index in [2.05, 4.69) is 11.8 Å². The Hall–Kier alpha value is -1.16. The van der Waals surface area contributed by atoms with E-state index in [4.69, 9.17) is 9.97 Å². The fourth-order valence-corrected chi connectivity index (χ4v) is 4.99. The molecule has 0 aromatic carbocycles. The second kappa shape index (κ2) is 4.69. The van der Waals surface area contributed by atoms with Gasteiger partial charge in [0.1, 0.15) is 16.5 Å². The summed E-state index contributed by atoms with van der Waals surface area (Å²) in [5, 5.41) is 1.38. The predicted molar refractivity (Wildman–Crippen MR) is 84.8 cm³/mol. The first-order valence-corrected chi connectivity index (χ1v) is 8.58. The molecule has 0 N–H and O–H groups in total. The van der Waals surface area contributed by atoms with E-state index in [-0.39, 0.29) is 0 Å². The number of anilines is 1. The van der Waals surface area contributed by atoms with Crippen LogP contribution in [-0.2, 0) is 12.8 Å². The second-order valence-corrected chi connectivity index (χ2v) is 7.41. The van der Waals surface area contributed by atoms with Gasteiger partial charge in [-0.05, 0) is 50.5 Å². The highest BCUT2D eigenvalue weighted by molar-refractivity contribution is 7.19. The van der Waals surface area contributed by atoms with Crippen molar-refractivity contribution in [3.05, 3.63) is 16.3 Å². The topological polar surface area (TPSA) is 29.0 Å². The molecule has 0 saturated carbocycles. The van der Waals surface area contributed by atoms with Crippen molar-refractivity contribution >= 4 is 27.4 Å². The predicted octanol–water partition coefficient (Wildman–Crippen LogP) is 3.72. The summed E-state index contributed by atoms with van der Waals surface area (Å²) in [5.41, 5.74) is 1.55. The molecule has 1 aliphatic carbocycles. The van der Waals surface area contributed by atoms with Crippen LogP contribution in [0.5, 0.6) is 0 Å². The summed E-state index contributed by atoms with van der Waals surface area (Å²) in [5.74, 6) is 2.92. The number of hydrogen-bond donors (Lipinski definition) is 0. The number of piperidine rings is 1. The molecule has 4 heteroatoms. The Balaban J connectivity index is 1.88. The standard InChI is InChI=1S/C16H21N3S/c1-10-5-4-8-19(9-10)15-14-12-6-3-7-13(12)20-16(14)18-11(2)17-15/h10H,3-9H2,1-2H3/t10-/m1/s1. The highest BCUT2D eigenvalue weighted by atomic mass is 32.1. The van der Waals surface area contributed by atoms with Crippen LogP contribution in [0.15, 0.2) is 0 Å². The summed E-state index contributed by atoms with van der Waals surface area (Å²) < 4.78 is 0. The minimum absolute atomic E-state index is 0.778. The van der Waals surface area contributed by atoms with Crippen LogP contribution in [0.2, 0.25) is 0 Å². The lowest BCUT2D eigenvalue weighted by Gasteiger charge is -2.32. The SMILES string of the molecule is Cc1nc(N2CCC[C@@H](C)C2)c2c3c(sc2n1)CCC3. The van der Waals surface area contributed by atoms with E-state index in [9.17, 15) is 0 Å². The Morgan fingerprint density at radius 1 is 1.20 bits per heavy atom. The van der Waals surface area contributed by atoms with Gasteiger partial charge in [0, 0.05) is 18.0 Å². The molecule has 2 aromatic rings. The van der Waals surface area contributed by atoms with Gasteiger partial charge in [-0.3, -0.25) is 0 Å². The Morgan fingerprint density at radius 3 is 2.95 bits per heavy atom. The first-order chi connectivity index (χ1) is 9.72. The first kappa shape index (κ1) is 12.6. The molecule has 1 atom stereocenters. The van der Waals surface area contributed by atoms with E-state index in [0.717, 1.165) is 24.8 Å². The Bertz CT molecular complexity index is 661. The lowest BCUT2D eigenvalue weighted by atomic mass is 10.00. The zero-order valence-corrected chi connectivity index (χ0v) is 13.1. The summed E-state index contributed by atoms with van der Waals surface area (Å²) in [6, 6.07) is 0. The van der Waals surface area contributed by atoms with Crippen molar-refractivity contribution in [1.82, 2.24) is 9.97 Å². The summed E-state index contributed by atoms with van der Waals surface area (Å²) in [7, 11) is 0. The molecular weight excluding hydrogens is 266 g/mol. The maximum Gasteiger partial charge on any atom is 0.141 e. The third-order valence-electron chi connectivity index (χ3n) is 4.61. The summed E-state index contributed by atoms with van der Waals surface area (Å²) in [6.07, 6.45) is 6.41. The van der Waals surface area contributed by atoms with Gasteiger partial charge in [-0.15, -0.1) is 11.3 Å². The van der Waals surface area contributed by atoms with Crippen LogP contribution in [0, 0.1) is 12.8 Å². The van der Waals surface area contributed by atoms with E-state index in [0.29, 0.717) is 0 Å². The molecule has 20 heavy (non-hydrogen) atoms. The number of fused-ring (bicyclic) bond motifs is 3. The Morgan fingerprint density at radius 2 is 2.10 bits per heavy atom. The number of aryl methyl sites for hydroxylation is 3. The first-order valence-electron chi connectivity index (χ1n) is 7.76. The largest absolute Gasteiger partial charge is 0.356 e. The van der Waals surface area contributed by atoms with Gasteiger partial charge in [-0.1, -0.05) is 6.92 Å². The highest BCUT2D eigenvalue weighted by Crippen LogP contribution is 2.41. The van der Waals surface area contributed by atoms with Gasteiger partial charge >= 0.3 is 0 Å². The van der Waals surface area contributed by atoms with Crippen molar-refractivity contribution in [2.24, 2.45) is 5.92 Å². The second-order valence-electron chi connectivity index (χ2n) is 6.33. The molecule has 0 radical (unpaired) electrons. The minimum atomic E-state index is 0.778. The van der Waals surface area contributed by atoms with Gasteiger partial charge in [0.2, 0.25) is 0 Å². The van der Waals surface area contributed by atoms with Crippen LogP contribution in [0.25, 0.3) is 10.2 Å². The molecule has 0 bridgehead atoms. The minimum Gasteiger partial charge on any atom is -0.356 e. The van der Waals surface area contributed by atoms with Gasteiger partial charge in [0.15, 0.2) is 0 Å². The number of aromatic nitrogens is 2. The summed E-state index contributed by atoms with van der Waals surface area (Å²) in [6.45, 7) is 6.69. The molecule has 0 unspecified atom stereocenters. The number of hydrogen-bond acceptors (Lipinski definition) is 4. The van der Waals surface area contributed by atoms with Crippen molar-refractivity contribution in [2.75, 3.05) is 18.0 Å². The Labute approximate surface area is 124 Å². The maximum atomic E-state index is 4.83. The average Bonchev–Trinajstić information content (AvgIpc) is 2.97. The normalized spacial score (nSPS) is 22.5. The number of thiophene rings is 1. The van der Waals surface area contributed by atoms with E-state index >= 15 is 0 Å². The van der Waals surface area contributed by atoms with E-state index < -0.39 is 0 Å². The van der Waals surface area contributed by atoms with Crippen molar-refractivity contribution in [3.63, 3.8) is 0 Å². The lowest BCUT2D eigenvalue weighted by molar-refractivity contribution is 0.445. The zero-order valence-electron chi connectivity index (χ0n) is 12.3. The van der Waals surface area contributed by atoms with Crippen LogP contribution < -0.4 is 4.90 Å².